The Kier molecular flexibility index (Phi) is 4.06. The van der Waals surface area contributed by atoms with E-state index in [2.05, 4.69) is 0 Å². The van der Waals surface area contributed by atoms with Gasteiger partial charge in [-0.3, -0.25) is 0 Å². The second-order valence-corrected chi connectivity index (χ2v) is 5.90. The molecule has 1 aromatic rings. The molecule has 0 aliphatic carbocycles. The molecule has 1 N–H and O–H groups in total. The number of hydrogen-bond acceptors (Lipinski definition) is 4. The summed E-state index contributed by atoms with van der Waals surface area (Å²) in [6, 6.07) is 4.74. The fourth-order valence-electron chi connectivity index (χ4n) is 2.91. The molecule has 2 heterocycles. The number of rotatable bonds is 3. The second kappa shape index (κ2) is 5.83. The lowest BCUT2D eigenvalue weighted by atomic mass is 9.91. The van der Waals surface area contributed by atoms with Gasteiger partial charge in [0.2, 0.25) is 0 Å². The molecule has 6 heteroatoms. The standard InChI is InChI=1S/C15H17ClO5/c16-12-3-1-2-11(14(17)18)13(12)21-10-4-6-20-15(8-10)5-7-19-9-15/h1-3,10H,4-9H2,(H,17,18). The van der Waals surface area contributed by atoms with Crippen LogP contribution in [0, 0.1) is 0 Å². The summed E-state index contributed by atoms with van der Waals surface area (Å²) < 4.78 is 17.2. The van der Waals surface area contributed by atoms with Gasteiger partial charge in [0, 0.05) is 25.9 Å². The van der Waals surface area contributed by atoms with E-state index in [0.717, 1.165) is 6.42 Å². The van der Waals surface area contributed by atoms with Crippen LogP contribution in [-0.4, -0.2) is 42.6 Å². The molecule has 0 aromatic heterocycles. The fourth-order valence-corrected chi connectivity index (χ4v) is 3.13. The molecule has 2 unspecified atom stereocenters. The van der Waals surface area contributed by atoms with Crippen molar-refractivity contribution in [2.45, 2.75) is 31.0 Å². The molecule has 3 rings (SSSR count). The SMILES string of the molecule is O=C(O)c1cccc(Cl)c1OC1CCOC2(CCOC2)C1. The zero-order chi connectivity index (χ0) is 14.9. The van der Waals surface area contributed by atoms with E-state index in [-0.39, 0.29) is 23.0 Å². The van der Waals surface area contributed by atoms with E-state index < -0.39 is 5.97 Å². The van der Waals surface area contributed by atoms with Crippen molar-refractivity contribution in [3.63, 3.8) is 0 Å². The highest BCUT2D eigenvalue weighted by molar-refractivity contribution is 6.32. The topological polar surface area (TPSA) is 65.0 Å². The first-order chi connectivity index (χ1) is 10.1. The molecule has 1 aromatic carbocycles. The zero-order valence-corrected chi connectivity index (χ0v) is 12.3. The lowest BCUT2D eigenvalue weighted by Crippen LogP contribution is -2.44. The van der Waals surface area contributed by atoms with Crippen LogP contribution >= 0.6 is 11.6 Å². The van der Waals surface area contributed by atoms with Crippen LogP contribution in [0.5, 0.6) is 5.75 Å². The van der Waals surface area contributed by atoms with Crippen LogP contribution in [0.4, 0.5) is 0 Å². The normalized spacial score (nSPS) is 28.7. The summed E-state index contributed by atoms with van der Waals surface area (Å²) in [5.74, 6) is -0.800. The summed E-state index contributed by atoms with van der Waals surface area (Å²) in [4.78, 5) is 11.3. The summed E-state index contributed by atoms with van der Waals surface area (Å²) >= 11 is 6.10. The van der Waals surface area contributed by atoms with Gasteiger partial charge in [0.25, 0.3) is 0 Å². The van der Waals surface area contributed by atoms with Crippen molar-refractivity contribution in [1.82, 2.24) is 0 Å². The van der Waals surface area contributed by atoms with Crippen molar-refractivity contribution in [1.29, 1.82) is 0 Å². The minimum atomic E-state index is -1.04. The first-order valence-electron chi connectivity index (χ1n) is 7.00. The van der Waals surface area contributed by atoms with Gasteiger partial charge in [-0.15, -0.1) is 0 Å². The van der Waals surface area contributed by atoms with Crippen LogP contribution in [0.2, 0.25) is 5.02 Å². The number of carboxylic acid groups (broad SMARTS) is 1. The first-order valence-corrected chi connectivity index (χ1v) is 7.38. The minimum absolute atomic E-state index is 0.0886. The third-order valence-electron chi connectivity index (χ3n) is 4.00. The predicted molar refractivity (Wildman–Crippen MR) is 76.2 cm³/mol. The third-order valence-corrected chi connectivity index (χ3v) is 4.29. The minimum Gasteiger partial charge on any atom is -0.488 e. The first kappa shape index (κ1) is 14.6. The lowest BCUT2D eigenvalue weighted by molar-refractivity contribution is -0.112. The molecule has 0 bridgehead atoms. The maximum Gasteiger partial charge on any atom is 0.339 e. The molecule has 2 saturated heterocycles. The molecule has 1 spiro atoms. The van der Waals surface area contributed by atoms with Gasteiger partial charge in [-0.2, -0.15) is 0 Å². The van der Waals surface area contributed by atoms with Gasteiger partial charge in [0.05, 0.1) is 23.8 Å². The van der Waals surface area contributed by atoms with Crippen molar-refractivity contribution in [3.05, 3.63) is 28.8 Å². The summed E-state index contributed by atoms with van der Waals surface area (Å²) in [5, 5.41) is 9.56. The van der Waals surface area contributed by atoms with Crippen LogP contribution < -0.4 is 4.74 Å². The molecule has 0 radical (unpaired) electrons. The Morgan fingerprint density at radius 1 is 1.43 bits per heavy atom. The largest absolute Gasteiger partial charge is 0.488 e. The molecule has 5 nitrogen and oxygen atoms in total. The smallest absolute Gasteiger partial charge is 0.339 e. The predicted octanol–water partition coefficient (Wildman–Crippen LogP) is 2.76. The van der Waals surface area contributed by atoms with Gasteiger partial charge in [-0.25, -0.2) is 4.79 Å². The Hall–Kier alpha value is -1.30. The number of para-hydroxylation sites is 1. The highest BCUT2D eigenvalue weighted by Gasteiger charge is 2.42. The van der Waals surface area contributed by atoms with Crippen molar-refractivity contribution >= 4 is 17.6 Å². The summed E-state index contributed by atoms with van der Waals surface area (Å²) in [5.41, 5.74) is -0.196. The maximum absolute atomic E-state index is 11.3. The fraction of sp³-hybridized carbons (Fsp3) is 0.533. The highest BCUT2D eigenvalue weighted by atomic mass is 35.5. The quantitative estimate of drug-likeness (QED) is 0.929. The maximum atomic E-state index is 11.3. The van der Waals surface area contributed by atoms with E-state index in [1.165, 1.54) is 6.07 Å². The molecular weight excluding hydrogens is 296 g/mol. The zero-order valence-electron chi connectivity index (χ0n) is 11.5. The van der Waals surface area contributed by atoms with Crippen LogP contribution in [0.25, 0.3) is 0 Å². The average molecular weight is 313 g/mol. The van der Waals surface area contributed by atoms with E-state index in [1.807, 2.05) is 0 Å². The Bertz CT molecular complexity index is 539. The van der Waals surface area contributed by atoms with E-state index in [1.54, 1.807) is 12.1 Å². The summed E-state index contributed by atoms with van der Waals surface area (Å²) in [7, 11) is 0. The lowest BCUT2D eigenvalue weighted by Gasteiger charge is -2.37. The van der Waals surface area contributed by atoms with E-state index in [9.17, 15) is 9.90 Å². The Morgan fingerprint density at radius 3 is 3.00 bits per heavy atom. The Labute approximate surface area is 127 Å². The van der Waals surface area contributed by atoms with Crippen LogP contribution in [-0.2, 0) is 9.47 Å². The number of benzene rings is 1. The van der Waals surface area contributed by atoms with Crippen LogP contribution in [0.3, 0.4) is 0 Å². The van der Waals surface area contributed by atoms with Gasteiger partial charge in [-0.05, 0) is 12.1 Å². The van der Waals surface area contributed by atoms with Gasteiger partial charge >= 0.3 is 5.97 Å². The third kappa shape index (κ3) is 3.00. The molecule has 21 heavy (non-hydrogen) atoms. The van der Waals surface area contributed by atoms with Gasteiger partial charge in [-0.1, -0.05) is 17.7 Å². The number of carbonyl (C=O) groups is 1. The van der Waals surface area contributed by atoms with Gasteiger partial charge in [0.1, 0.15) is 11.7 Å². The van der Waals surface area contributed by atoms with Crippen LogP contribution in [0.1, 0.15) is 29.6 Å². The number of halogens is 1. The second-order valence-electron chi connectivity index (χ2n) is 5.49. The summed E-state index contributed by atoms with van der Waals surface area (Å²) in [6.45, 7) is 1.85. The molecule has 2 aliphatic rings. The van der Waals surface area contributed by atoms with Crippen LogP contribution in [0.15, 0.2) is 18.2 Å². The van der Waals surface area contributed by atoms with Crippen molar-refractivity contribution in [3.8, 4) is 5.75 Å². The highest BCUT2D eigenvalue weighted by Crippen LogP contribution is 2.37. The average Bonchev–Trinajstić information content (AvgIpc) is 2.89. The Balaban J connectivity index is 1.79. The molecule has 0 amide bonds. The number of hydrogen-bond donors (Lipinski definition) is 1. The van der Waals surface area contributed by atoms with Crippen molar-refractivity contribution < 1.29 is 24.1 Å². The number of aromatic carboxylic acids is 1. The van der Waals surface area contributed by atoms with Crippen molar-refractivity contribution in [2.24, 2.45) is 0 Å². The van der Waals surface area contributed by atoms with Gasteiger partial charge < -0.3 is 19.3 Å². The monoisotopic (exact) mass is 312 g/mol. The van der Waals surface area contributed by atoms with Gasteiger partial charge in [0.15, 0.2) is 5.75 Å². The molecule has 2 aliphatic heterocycles. The number of carboxylic acids is 1. The van der Waals surface area contributed by atoms with E-state index in [4.69, 9.17) is 25.8 Å². The molecule has 2 atom stereocenters. The van der Waals surface area contributed by atoms with E-state index in [0.29, 0.717) is 37.7 Å². The van der Waals surface area contributed by atoms with Crippen molar-refractivity contribution in [2.75, 3.05) is 19.8 Å². The molecule has 0 saturated carbocycles. The van der Waals surface area contributed by atoms with E-state index >= 15 is 0 Å². The summed E-state index contributed by atoms with van der Waals surface area (Å²) in [6.07, 6.45) is 2.14. The number of ether oxygens (including phenoxy) is 3. The molecular formula is C15H17ClO5. The molecule has 114 valence electrons. The Morgan fingerprint density at radius 2 is 2.29 bits per heavy atom. The molecule has 2 fully saturated rings.